The van der Waals surface area contributed by atoms with Gasteiger partial charge in [0.1, 0.15) is 17.8 Å². The molecule has 1 aliphatic heterocycles. The Morgan fingerprint density at radius 3 is 2.65 bits per heavy atom. The molecule has 1 saturated carbocycles. The van der Waals surface area contributed by atoms with Gasteiger partial charge in [-0.25, -0.2) is 0 Å². The average molecular weight is 358 g/mol. The van der Waals surface area contributed by atoms with Crippen LogP contribution in [0, 0.1) is 5.92 Å². The number of hydrogen-bond acceptors (Lipinski definition) is 5. The van der Waals surface area contributed by atoms with Crippen LogP contribution >= 0.6 is 0 Å². The molecule has 1 aromatic rings. The minimum atomic E-state index is -0.652. The summed E-state index contributed by atoms with van der Waals surface area (Å²) in [6.07, 6.45) is 6.15. The highest BCUT2D eigenvalue weighted by atomic mass is 16.6. The van der Waals surface area contributed by atoms with Crippen LogP contribution in [0.2, 0.25) is 0 Å². The van der Waals surface area contributed by atoms with Crippen LogP contribution in [0.25, 0.3) is 0 Å². The van der Waals surface area contributed by atoms with Gasteiger partial charge in [-0.2, -0.15) is 0 Å². The highest BCUT2D eigenvalue weighted by Gasteiger charge is 2.47. The highest BCUT2D eigenvalue weighted by molar-refractivity contribution is 5.98. The third-order valence-corrected chi connectivity index (χ3v) is 5.66. The van der Waals surface area contributed by atoms with Crippen LogP contribution in [0.4, 0.5) is 0 Å². The number of cyclic esters (lactones) is 1. The number of aryl methyl sites for hydroxylation is 1. The van der Waals surface area contributed by atoms with Crippen LogP contribution in [0.15, 0.2) is 24.3 Å². The number of ether oxygens (including phenoxy) is 2. The van der Waals surface area contributed by atoms with Gasteiger partial charge in [0.25, 0.3) is 0 Å². The fraction of sp³-hybridized carbons (Fsp3) is 0.571. The fourth-order valence-corrected chi connectivity index (χ4v) is 4.37. The number of rotatable bonds is 6. The van der Waals surface area contributed by atoms with E-state index in [-0.39, 0.29) is 36.5 Å². The fourth-order valence-electron chi connectivity index (χ4n) is 4.37. The van der Waals surface area contributed by atoms with E-state index >= 15 is 0 Å². The number of carbonyl (C=O) groups excluding carboxylic acids is 3. The van der Waals surface area contributed by atoms with E-state index in [1.807, 2.05) is 24.3 Å². The van der Waals surface area contributed by atoms with Gasteiger partial charge in [-0.3, -0.25) is 14.4 Å². The van der Waals surface area contributed by atoms with Gasteiger partial charge in [0.15, 0.2) is 0 Å². The first-order valence-electron chi connectivity index (χ1n) is 9.39. The van der Waals surface area contributed by atoms with Gasteiger partial charge in [-0.1, -0.05) is 37.1 Å². The van der Waals surface area contributed by atoms with Crippen LogP contribution in [-0.4, -0.2) is 30.4 Å². The second-order valence-corrected chi connectivity index (χ2v) is 7.49. The second-order valence-electron chi connectivity index (χ2n) is 7.49. The molecular weight excluding hydrogens is 332 g/mol. The van der Waals surface area contributed by atoms with Gasteiger partial charge in [0, 0.05) is 6.42 Å². The molecule has 3 rings (SSSR count). The molecule has 0 amide bonds. The van der Waals surface area contributed by atoms with Crippen LogP contribution in [0.1, 0.15) is 56.1 Å². The maximum atomic E-state index is 12.1. The van der Waals surface area contributed by atoms with Crippen LogP contribution < -0.4 is 0 Å². The molecule has 5 nitrogen and oxygen atoms in total. The first-order chi connectivity index (χ1) is 12.5. The Hall–Kier alpha value is -2.17. The third kappa shape index (κ3) is 4.32. The van der Waals surface area contributed by atoms with Crippen LogP contribution in [0.3, 0.4) is 0 Å². The average Bonchev–Trinajstić information content (AvgIpc) is 3.15. The summed E-state index contributed by atoms with van der Waals surface area (Å²) in [6, 6.07) is 7.83. The van der Waals surface area contributed by atoms with E-state index < -0.39 is 5.60 Å². The monoisotopic (exact) mass is 358 g/mol. The lowest BCUT2D eigenvalue weighted by atomic mass is 9.76. The zero-order valence-electron chi connectivity index (χ0n) is 15.3. The summed E-state index contributed by atoms with van der Waals surface area (Å²) in [5.74, 6) is -0.384. The second kappa shape index (κ2) is 8.02. The number of methoxy groups -OCH3 is 1. The van der Waals surface area contributed by atoms with Crippen LogP contribution in [0.5, 0.6) is 0 Å². The zero-order valence-corrected chi connectivity index (χ0v) is 15.3. The number of hydrogen-bond donors (Lipinski definition) is 0. The number of Topliss-reactive ketones (excluding diaryl/α,β-unsaturated/α-hetero) is 1. The Labute approximate surface area is 154 Å². The maximum absolute atomic E-state index is 12.1. The SMILES string of the molecule is COC(=O)Cc1cccc(CCC2(C3CCCC3)CC(=O)CC(=O)O2)c1. The molecule has 2 fully saturated rings. The molecule has 1 unspecified atom stereocenters. The molecule has 0 N–H and O–H groups in total. The summed E-state index contributed by atoms with van der Waals surface area (Å²) in [7, 11) is 1.38. The molecule has 1 aliphatic carbocycles. The van der Waals surface area contributed by atoms with Gasteiger partial charge >= 0.3 is 11.9 Å². The van der Waals surface area contributed by atoms with E-state index in [1.54, 1.807) is 0 Å². The van der Waals surface area contributed by atoms with Crippen LogP contribution in [-0.2, 0) is 36.7 Å². The van der Waals surface area contributed by atoms with Crippen molar-refractivity contribution < 1.29 is 23.9 Å². The molecule has 1 atom stereocenters. The largest absolute Gasteiger partial charge is 0.469 e. The molecule has 0 bridgehead atoms. The standard InChI is InChI=1S/C21H26O5/c1-25-19(23)12-16-6-4-5-15(11-16)9-10-21(17-7-2-3-8-17)14-18(22)13-20(24)26-21/h4-6,11,17H,2-3,7-10,12-14H2,1H3. The first-order valence-corrected chi connectivity index (χ1v) is 9.39. The van der Waals surface area contributed by atoms with Crippen molar-refractivity contribution in [3.8, 4) is 0 Å². The Bertz CT molecular complexity index is 671. The van der Waals surface area contributed by atoms with Crippen molar-refractivity contribution in [2.45, 2.75) is 63.4 Å². The molecule has 1 saturated heterocycles. The molecule has 1 aromatic carbocycles. The van der Waals surface area contributed by atoms with Gasteiger partial charge in [0.05, 0.1) is 13.5 Å². The molecule has 0 aromatic heterocycles. The Morgan fingerprint density at radius 2 is 1.96 bits per heavy atom. The summed E-state index contributed by atoms with van der Waals surface area (Å²) in [5, 5.41) is 0. The van der Waals surface area contributed by atoms with Crippen molar-refractivity contribution in [3.63, 3.8) is 0 Å². The van der Waals surface area contributed by atoms with Crippen molar-refractivity contribution in [2.24, 2.45) is 5.92 Å². The van der Waals surface area contributed by atoms with Gasteiger partial charge in [0.2, 0.25) is 0 Å². The molecular formula is C21H26O5. The molecule has 1 heterocycles. The highest BCUT2D eigenvalue weighted by Crippen LogP contribution is 2.43. The van der Waals surface area contributed by atoms with Crippen molar-refractivity contribution in [3.05, 3.63) is 35.4 Å². The number of benzene rings is 1. The number of esters is 2. The molecule has 140 valence electrons. The van der Waals surface area contributed by atoms with Crippen molar-refractivity contribution in [2.75, 3.05) is 7.11 Å². The number of carbonyl (C=O) groups is 3. The quantitative estimate of drug-likeness (QED) is 0.577. The summed E-state index contributed by atoms with van der Waals surface area (Å²) < 4.78 is 10.6. The van der Waals surface area contributed by atoms with Crippen molar-refractivity contribution >= 4 is 17.7 Å². The first kappa shape index (κ1) is 18.6. The molecule has 0 radical (unpaired) electrons. The Balaban J connectivity index is 1.74. The summed E-state index contributed by atoms with van der Waals surface area (Å²) >= 11 is 0. The van der Waals surface area contributed by atoms with E-state index in [2.05, 4.69) is 0 Å². The third-order valence-electron chi connectivity index (χ3n) is 5.66. The molecule has 2 aliphatic rings. The Morgan fingerprint density at radius 1 is 1.23 bits per heavy atom. The summed E-state index contributed by atoms with van der Waals surface area (Å²) in [5.41, 5.74) is 1.33. The summed E-state index contributed by atoms with van der Waals surface area (Å²) in [6.45, 7) is 0. The topological polar surface area (TPSA) is 69.7 Å². The van der Waals surface area contributed by atoms with Crippen molar-refractivity contribution in [1.82, 2.24) is 0 Å². The lowest BCUT2D eigenvalue weighted by molar-refractivity contribution is -0.178. The smallest absolute Gasteiger partial charge is 0.313 e. The molecule has 26 heavy (non-hydrogen) atoms. The number of ketones is 1. The van der Waals surface area contributed by atoms with Gasteiger partial charge in [-0.05, 0) is 42.7 Å². The van der Waals surface area contributed by atoms with E-state index in [0.29, 0.717) is 19.3 Å². The zero-order chi connectivity index (χ0) is 18.6. The minimum absolute atomic E-state index is 0.00686. The van der Waals surface area contributed by atoms with E-state index in [9.17, 15) is 14.4 Å². The van der Waals surface area contributed by atoms with Gasteiger partial charge in [-0.15, -0.1) is 0 Å². The predicted molar refractivity (Wildman–Crippen MR) is 95.5 cm³/mol. The Kier molecular flexibility index (Phi) is 5.74. The lowest BCUT2D eigenvalue weighted by Crippen LogP contribution is -2.48. The summed E-state index contributed by atoms with van der Waals surface area (Å²) in [4.78, 5) is 35.6. The van der Waals surface area contributed by atoms with E-state index in [1.165, 1.54) is 7.11 Å². The normalized spacial score (nSPS) is 23.7. The maximum Gasteiger partial charge on any atom is 0.313 e. The predicted octanol–water partition coefficient (Wildman–Crippen LogP) is 3.17. The van der Waals surface area contributed by atoms with Gasteiger partial charge < -0.3 is 9.47 Å². The van der Waals surface area contributed by atoms with E-state index in [4.69, 9.17) is 9.47 Å². The minimum Gasteiger partial charge on any atom is -0.469 e. The van der Waals surface area contributed by atoms with Crippen molar-refractivity contribution in [1.29, 1.82) is 0 Å². The molecule has 0 spiro atoms. The molecule has 5 heteroatoms. The lowest BCUT2D eigenvalue weighted by Gasteiger charge is -2.41. The van der Waals surface area contributed by atoms with E-state index in [0.717, 1.165) is 36.8 Å².